The van der Waals surface area contributed by atoms with Crippen LogP contribution in [0.3, 0.4) is 0 Å². The molecule has 0 heterocycles. The second kappa shape index (κ2) is 5.45. The molecular weight excluding hydrogens is 332 g/mol. The van der Waals surface area contributed by atoms with Gasteiger partial charge in [-0.3, -0.25) is 0 Å². The van der Waals surface area contributed by atoms with E-state index in [-0.39, 0.29) is 39.8 Å². The molecule has 1 aliphatic rings. The Morgan fingerprint density at radius 1 is 0.640 bits per heavy atom. The average Bonchev–Trinajstić information content (AvgIpc) is 2.91. The lowest BCUT2D eigenvalue weighted by Gasteiger charge is -2.10. The van der Waals surface area contributed by atoms with Gasteiger partial charge in [-0.1, -0.05) is 6.07 Å². The number of rotatable bonds is 4. The number of carbonyl (C=O) groups is 4. The molecule has 0 spiro atoms. The van der Waals surface area contributed by atoms with Crippen molar-refractivity contribution in [3.05, 3.63) is 57.6 Å². The molecule has 0 aromatic heterocycles. The summed E-state index contributed by atoms with van der Waals surface area (Å²) in [5.41, 5.74) is -0.630. The highest BCUT2D eigenvalue weighted by Crippen LogP contribution is 2.43. The number of aromatic carboxylic acids is 4. The Kier molecular flexibility index (Phi) is 3.53. The number of fused-ring (bicyclic) bond motifs is 3. The van der Waals surface area contributed by atoms with Crippen LogP contribution in [-0.2, 0) is 6.42 Å². The van der Waals surface area contributed by atoms with Crippen LogP contribution in [-0.4, -0.2) is 44.3 Å². The summed E-state index contributed by atoms with van der Waals surface area (Å²) in [5.74, 6) is -5.49. The van der Waals surface area contributed by atoms with E-state index in [0.717, 1.165) is 18.2 Å². The highest BCUT2D eigenvalue weighted by Gasteiger charge is 2.33. The van der Waals surface area contributed by atoms with E-state index in [0.29, 0.717) is 0 Å². The zero-order valence-electron chi connectivity index (χ0n) is 12.4. The number of benzene rings is 2. The van der Waals surface area contributed by atoms with Gasteiger partial charge in [-0.15, -0.1) is 0 Å². The lowest BCUT2D eigenvalue weighted by molar-refractivity contribution is 0.0650. The molecule has 0 radical (unpaired) electrons. The van der Waals surface area contributed by atoms with Crippen LogP contribution in [0.2, 0.25) is 0 Å². The first-order chi connectivity index (χ1) is 11.7. The SMILES string of the molecule is O=C(O)c1ccc(C(=O)O)c2c1Cc1c-2ccc(C(=O)O)c1C(=O)O. The van der Waals surface area contributed by atoms with Gasteiger partial charge in [0.2, 0.25) is 0 Å². The summed E-state index contributed by atoms with van der Waals surface area (Å²) in [6, 6.07) is 4.69. The van der Waals surface area contributed by atoms with E-state index in [1.165, 1.54) is 6.07 Å². The maximum Gasteiger partial charge on any atom is 0.336 e. The maximum atomic E-state index is 11.6. The summed E-state index contributed by atoms with van der Waals surface area (Å²) < 4.78 is 0. The van der Waals surface area contributed by atoms with Crippen molar-refractivity contribution in [1.82, 2.24) is 0 Å². The fourth-order valence-corrected chi connectivity index (χ4v) is 3.18. The molecule has 0 bridgehead atoms. The summed E-state index contributed by atoms with van der Waals surface area (Å²) in [7, 11) is 0. The Bertz CT molecular complexity index is 987. The van der Waals surface area contributed by atoms with Gasteiger partial charge in [-0.05, 0) is 34.9 Å². The second-order valence-electron chi connectivity index (χ2n) is 5.43. The molecule has 0 unspecified atom stereocenters. The van der Waals surface area contributed by atoms with E-state index in [4.69, 9.17) is 0 Å². The van der Waals surface area contributed by atoms with Gasteiger partial charge in [0.05, 0.1) is 22.3 Å². The van der Waals surface area contributed by atoms with Crippen molar-refractivity contribution in [3.8, 4) is 11.1 Å². The molecule has 0 aliphatic heterocycles. The van der Waals surface area contributed by atoms with Crippen LogP contribution in [0.15, 0.2) is 24.3 Å². The number of carboxylic acid groups (broad SMARTS) is 4. The smallest absolute Gasteiger partial charge is 0.336 e. The zero-order valence-corrected chi connectivity index (χ0v) is 12.4. The third-order valence-electron chi connectivity index (χ3n) is 4.15. The Morgan fingerprint density at radius 3 is 1.68 bits per heavy atom. The van der Waals surface area contributed by atoms with Gasteiger partial charge in [0.25, 0.3) is 0 Å². The molecule has 8 nitrogen and oxygen atoms in total. The minimum absolute atomic E-state index is 0.0959. The second-order valence-corrected chi connectivity index (χ2v) is 5.43. The van der Waals surface area contributed by atoms with E-state index in [9.17, 15) is 39.6 Å². The van der Waals surface area contributed by atoms with Crippen molar-refractivity contribution < 1.29 is 39.6 Å². The standard InChI is InChI=1S/C17H10O8/c18-14(19)7-2-4-8(15(20)21)12-6-1-3-9(16(22)23)13(17(24)25)10(6)5-11(7)12/h1-4H,5H2,(H,18,19)(H,20,21)(H,22,23)(H,24,25). The fourth-order valence-electron chi connectivity index (χ4n) is 3.18. The van der Waals surface area contributed by atoms with Crippen LogP contribution in [0.5, 0.6) is 0 Å². The minimum Gasteiger partial charge on any atom is -0.478 e. The Hall–Kier alpha value is -3.68. The van der Waals surface area contributed by atoms with Gasteiger partial charge in [0, 0.05) is 12.0 Å². The van der Waals surface area contributed by atoms with E-state index in [1.807, 2.05) is 0 Å². The van der Waals surface area contributed by atoms with Crippen molar-refractivity contribution in [1.29, 1.82) is 0 Å². The van der Waals surface area contributed by atoms with Crippen LogP contribution >= 0.6 is 0 Å². The zero-order chi connectivity index (χ0) is 18.5. The van der Waals surface area contributed by atoms with Crippen LogP contribution < -0.4 is 0 Å². The molecule has 2 aromatic rings. The van der Waals surface area contributed by atoms with Crippen LogP contribution in [0, 0.1) is 0 Å². The molecule has 0 saturated heterocycles. The monoisotopic (exact) mass is 342 g/mol. The topological polar surface area (TPSA) is 149 Å². The van der Waals surface area contributed by atoms with Crippen molar-refractivity contribution >= 4 is 23.9 Å². The normalized spacial score (nSPS) is 11.5. The fraction of sp³-hybridized carbons (Fsp3) is 0.0588. The third kappa shape index (κ3) is 2.31. The molecule has 25 heavy (non-hydrogen) atoms. The average molecular weight is 342 g/mol. The first-order valence-corrected chi connectivity index (χ1v) is 6.99. The van der Waals surface area contributed by atoms with E-state index in [2.05, 4.69) is 0 Å². The summed E-state index contributed by atoms with van der Waals surface area (Å²) in [5, 5.41) is 37.3. The highest BCUT2D eigenvalue weighted by molar-refractivity contribution is 6.08. The number of carboxylic acids is 4. The Morgan fingerprint density at radius 2 is 1.16 bits per heavy atom. The van der Waals surface area contributed by atoms with E-state index in [1.54, 1.807) is 0 Å². The van der Waals surface area contributed by atoms with Crippen molar-refractivity contribution in [3.63, 3.8) is 0 Å². The lowest BCUT2D eigenvalue weighted by atomic mass is 9.94. The van der Waals surface area contributed by atoms with Crippen molar-refractivity contribution in [2.24, 2.45) is 0 Å². The third-order valence-corrected chi connectivity index (χ3v) is 4.15. The Labute approximate surface area is 139 Å². The Balaban J connectivity index is 2.41. The van der Waals surface area contributed by atoms with Gasteiger partial charge >= 0.3 is 23.9 Å². The van der Waals surface area contributed by atoms with Crippen LogP contribution in [0.25, 0.3) is 11.1 Å². The molecule has 0 atom stereocenters. The molecule has 0 saturated carbocycles. The van der Waals surface area contributed by atoms with Crippen molar-refractivity contribution in [2.75, 3.05) is 0 Å². The molecule has 2 aromatic carbocycles. The van der Waals surface area contributed by atoms with E-state index >= 15 is 0 Å². The summed E-state index contributed by atoms with van der Waals surface area (Å²) >= 11 is 0. The molecular formula is C17H10O8. The summed E-state index contributed by atoms with van der Waals surface area (Å²) in [6.07, 6.45) is -0.170. The van der Waals surface area contributed by atoms with Gasteiger partial charge < -0.3 is 20.4 Å². The predicted molar refractivity (Wildman–Crippen MR) is 82.5 cm³/mol. The molecule has 0 fully saturated rings. The lowest BCUT2D eigenvalue weighted by Crippen LogP contribution is -2.11. The largest absolute Gasteiger partial charge is 0.478 e. The highest BCUT2D eigenvalue weighted by atomic mass is 16.4. The van der Waals surface area contributed by atoms with Crippen LogP contribution in [0.1, 0.15) is 52.6 Å². The molecule has 3 rings (SSSR count). The molecule has 126 valence electrons. The quantitative estimate of drug-likeness (QED) is 0.563. The molecule has 4 N–H and O–H groups in total. The number of hydrogen-bond donors (Lipinski definition) is 4. The van der Waals surface area contributed by atoms with Crippen LogP contribution in [0.4, 0.5) is 0 Å². The molecule has 8 heteroatoms. The first-order valence-electron chi connectivity index (χ1n) is 6.99. The molecule has 1 aliphatic carbocycles. The first kappa shape index (κ1) is 16.2. The number of hydrogen-bond acceptors (Lipinski definition) is 4. The summed E-state index contributed by atoms with van der Waals surface area (Å²) in [6.45, 7) is 0. The van der Waals surface area contributed by atoms with Gasteiger partial charge in [-0.2, -0.15) is 0 Å². The summed E-state index contributed by atoms with van der Waals surface area (Å²) in [4.78, 5) is 45.8. The minimum atomic E-state index is -1.48. The van der Waals surface area contributed by atoms with Gasteiger partial charge in [-0.25, -0.2) is 19.2 Å². The predicted octanol–water partition coefficient (Wildman–Crippen LogP) is 2.05. The van der Waals surface area contributed by atoms with Gasteiger partial charge in [0.15, 0.2) is 0 Å². The van der Waals surface area contributed by atoms with Gasteiger partial charge in [0.1, 0.15) is 0 Å². The molecule has 0 amide bonds. The van der Waals surface area contributed by atoms with Crippen molar-refractivity contribution in [2.45, 2.75) is 6.42 Å². The maximum absolute atomic E-state index is 11.6. The van der Waals surface area contributed by atoms with E-state index < -0.39 is 35.0 Å².